The van der Waals surface area contributed by atoms with Gasteiger partial charge >= 0.3 is 0 Å². The highest BCUT2D eigenvalue weighted by Crippen LogP contribution is 2.18. The highest BCUT2D eigenvalue weighted by Gasteiger charge is 2.40. The van der Waals surface area contributed by atoms with Gasteiger partial charge in [0.2, 0.25) is 5.91 Å². The maximum absolute atomic E-state index is 12.5. The molecular formula is C15H27N3O3. The molecule has 0 bridgehead atoms. The fraction of sp³-hybridized carbons (Fsp3) is 0.867. The van der Waals surface area contributed by atoms with Crippen molar-refractivity contribution in [1.29, 1.82) is 0 Å². The number of morpholine rings is 1. The lowest BCUT2D eigenvalue weighted by molar-refractivity contribution is -0.162. The Morgan fingerprint density at radius 3 is 2.43 bits per heavy atom. The van der Waals surface area contributed by atoms with Gasteiger partial charge in [0.1, 0.15) is 0 Å². The van der Waals surface area contributed by atoms with E-state index in [1.54, 1.807) is 18.9 Å². The second-order valence-electron chi connectivity index (χ2n) is 6.16. The van der Waals surface area contributed by atoms with E-state index < -0.39 is 5.60 Å². The molecule has 0 aliphatic carbocycles. The van der Waals surface area contributed by atoms with Crippen LogP contribution in [0.15, 0.2) is 0 Å². The van der Waals surface area contributed by atoms with E-state index in [1.807, 2.05) is 0 Å². The first-order valence-corrected chi connectivity index (χ1v) is 7.91. The van der Waals surface area contributed by atoms with E-state index >= 15 is 0 Å². The summed E-state index contributed by atoms with van der Waals surface area (Å²) in [5, 5.41) is 2.61. The Morgan fingerprint density at radius 1 is 1.14 bits per heavy atom. The molecule has 120 valence electrons. The average Bonchev–Trinajstić information content (AvgIpc) is 2.75. The van der Waals surface area contributed by atoms with Gasteiger partial charge < -0.3 is 15.0 Å². The second kappa shape index (κ2) is 7.22. The summed E-state index contributed by atoms with van der Waals surface area (Å²) in [5.41, 5.74) is -0.929. The largest absolute Gasteiger partial charge is 0.362 e. The van der Waals surface area contributed by atoms with Crippen molar-refractivity contribution < 1.29 is 14.3 Å². The van der Waals surface area contributed by atoms with E-state index in [1.165, 1.54) is 25.7 Å². The Kier molecular flexibility index (Phi) is 5.58. The van der Waals surface area contributed by atoms with Crippen molar-refractivity contribution in [3.63, 3.8) is 0 Å². The van der Waals surface area contributed by atoms with Crippen molar-refractivity contribution in [2.75, 3.05) is 46.4 Å². The predicted octanol–water partition coefficient (Wildman–Crippen LogP) is 0.226. The maximum atomic E-state index is 12.5. The zero-order valence-corrected chi connectivity index (χ0v) is 13.2. The van der Waals surface area contributed by atoms with Gasteiger partial charge in [-0.25, -0.2) is 0 Å². The van der Waals surface area contributed by atoms with Crippen LogP contribution in [0.2, 0.25) is 0 Å². The molecule has 0 aromatic heterocycles. The fourth-order valence-corrected chi connectivity index (χ4v) is 3.07. The molecule has 2 aliphatic rings. The molecule has 6 heteroatoms. The van der Waals surface area contributed by atoms with E-state index in [0.717, 1.165) is 13.1 Å². The number of rotatable bonds is 3. The van der Waals surface area contributed by atoms with Gasteiger partial charge in [0.05, 0.1) is 19.7 Å². The minimum atomic E-state index is -0.929. The molecule has 0 spiro atoms. The molecule has 0 saturated carbocycles. The standard InChI is InChI=1S/C15H27N3O3/c1-15(14(20)16-2)12-18(9-10-21-15)13(19)11-17-7-5-3-4-6-8-17/h3-12H2,1-2H3,(H,16,20)/t15-/m1/s1. The lowest BCUT2D eigenvalue weighted by atomic mass is 10.0. The average molecular weight is 297 g/mol. The molecule has 2 rings (SSSR count). The van der Waals surface area contributed by atoms with Crippen LogP contribution in [0.5, 0.6) is 0 Å². The first kappa shape index (κ1) is 16.2. The third kappa shape index (κ3) is 4.17. The zero-order chi connectivity index (χ0) is 15.3. The van der Waals surface area contributed by atoms with Gasteiger partial charge in [0.15, 0.2) is 5.60 Å². The lowest BCUT2D eigenvalue weighted by Gasteiger charge is -2.39. The van der Waals surface area contributed by atoms with Crippen molar-refractivity contribution >= 4 is 11.8 Å². The van der Waals surface area contributed by atoms with E-state index in [4.69, 9.17) is 4.74 Å². The molecule has 2 fully saturated rings. The van der Waals surface area contributed by atoms with Crippen molar-refractivity contribution in [3.8, 4) is 0 Å². The van der Waals surface area contributed by atoms with Crippen LogP contribution in [0.1, 0.15) is 32.6 Å². The number of carbonyl (C=O) groups excluding carboxylic acids is 2. The minimum absolute atomic E-state index is 0.107. The molecule has 0 radical (unpaired) electrons. The Balaban J connectivity index is 1.91. The summed E-state index contributed by atoms with van der Waals surface area (Å²) in [6, 6.07) is 0. The molecule has 2 amide bonds. The number of amides is 2. The van der Waals surface area contributed by atoms with Gasteiger partial charge in [0.25, 0.3) is 5.91 Å². The summed E-state index contributed by atoms with van der Waals surface area (Å²) < 4.78 is 5.59. The van der Waals surface area contributed by atoms with Crippen LogP contribution in [0.25, 0.3) is 0 Å². The summed E-state index contributed by atoms with van der Waals surface area (Å²) in [5.74, 6) is -0.0647. The smallest absolute Gasteiger partial charge is 0.253 e. The molecule has 2 heterocycles. The Morgan fingerprint density at radius 2 is 1.81 bits per heavy atom. The van der Waals surface area contributed by atoms with Crippen LogP contribution < -0.4 is 5.32 Å². The van der Waals surface area contributed by atoms with Gasteiger partial charge in [-0.3, -0.25) is 14.5 Å². The molecule has 6 nitrogen and oxygen atoms in total. The number of nitrogens with zero attached hydrogens (tertiary/aromatic N) is 2. The molecule has 21 heavy (non-hydrogen) atoms. The molecule has 2 aliphatic heterocycles. The van der Waals surface area contributed by atoms with Gasteiger partial charge in [-0.2, -0.15) is 0 Å². The van der Waals surface area contributed by atoms with E-state index in [0.29, 0.717) is 26.2 Å². The summed E-state index contributed by atoms with van der Waals surface area (Å²) in [7, 11) is 1.59. The van der Waals surface area contributed by atoms with Crippen LogP contribution in [-0.2, 0) is 14.3 Å². The fourth-order valence-electron chi connectivity index (χ4n) is 3.07. The van der Waals surface area contributed by atoms with Crippen LogP contribution in [0.3, 0.4) is 0 Å². The van der Waals surface area contributed by atoms with Crippen molar-refractivity contribution in [2.24, 2.45) is 0 Å². The van der Waals surface area contributed by atoms with Gasteiger partial charge in [-0.1, -0.05) is 12.8 Å². The molecular weight excluding hydrogens is 270 g/mol. The minimum Gasteiger partial charge on any atom is -0.362 e. The Hall–Kier alpha value is -1.14. The van der Waals surface area contributed by atoms with E-state index in [9.17, 15) is 9.59 Å². The highest BCUT2D eigenvalue weighted by molar-refractivity contribution is 5.86. The number of hydrogen-bond donors (Lipinski definition) is 1. The van der Waals surface area contributed by atoms with Gasteiger partial charge in [-0.15, -0.1) is 0 Å². The Bertz CT molecular complexity index is 380. The quantitative estimate of drug-likeness (QED) is 0.810. The predicted molar refractivity (Wildman–Crippen MR) is 79.9 cm³/mol. The molecule has 1 N–H and O–H groups in total. The van der Waals surface area contributed by atoms with Gasteiger partial charge in [0, 0.05) is 13.6 Å². The third-order valence-electron chi connectivity index (χ3n) is 4.39. The SMILES string of the molecule is CNC(=O)[C@@]1(C)CN(C(=O)CN2CCCCCC2)CCO1. The maximum Gasteiger partial charge on any atom is 0.253 e. The van der Waals surface area contributed by atoms with Crippen LogP contribution in [0.4, 0.5) is 0 Å². The highest BCUT2D eigenvalue weighted by atomic mass is 16.5. The number of nitrogens with one attached hydrogen (secondary N) is 1. The molecule has 2 saturated heterocycles. The summed E-state index contributed by atoms with van der Waals surface area (Å²) in [4.78, 5) is 28.4. The van der Waals surface area contributed by atoms with Crippen molar-refractivity contribution in [2.45, 2.75) is 38.2 Å². The number of likely N-dealkylation sites (N-methyl/N-ethyl adjacent to an activating group) is 1. The number of carbonyl (C=O) groups is 2. The molecule has 0 unspecified atom stereocenters. The van der Waals surface area contributed by atoms with Crippen molar-refractivity contribution in [1.82, 2.24) is 15.1 Å². The van der Waals surface area contributed by atoms with Crippen LogP contribution in [-0.4, -0.2) is 73.6 Å². The number of likely N-dealkylation sites (tertiary alicyclic amines) is 1. The third-order valence-corrected chi connectivity index (χ3v) is 4.39. The molecule has 0 aromatic rings. The van der Waals surface area contributed by atoms with E-state index in [-0.39, 0.29) is 11.8 Å². The molecule has 1 atom stereocenters. The normalized spacial score (nSPS) is 28.0. The number of ether oxygens (including phenoxy) is 1. The summed E-state index contributed by atoms with van der Waals surface area (Å²) in [6.07, 6.45) is 4.87. The first-order valence-electron chi connectivity index (χ1n) is 7.91. The lowest BCUT2D eigenvalue weighted by Crippen LogP contribution is -2.59. The summed E-state index contributed by atoms with van der Waals surface area (Å²) in [6.45, 7) is 5.53. The Labute approximate surface area is 126 Å². The van der Waals surface area contributed by atoms with Crippen LogP contribution >= 0.6 is 0 Å². The first-order chi connectivity index (χ1) is 10.0. The van der Waals surface area contributed by atoms with Gasteiger partial charge in [-0.05, 0) is 32.9 Å². The monoisotopic (exact) mass is 297 g/mol. The van der Waals surface area contributed by atoms with Crippen LogP contribution in [0, 0.1) is 0 Å². The topological polar surface area (TPSA) is 61.9 Å². The second-order valence-corrected chi connectivity index (χ2v) is 6.16. The van der Waals surface area contributed by atoms with E-state index in [2.05, 4.69) is 10.2 Å². The summed E-state index contributed by atoms with van der Waals surface area (Å²) >= 11 is 0. The van der Waals surface area contributed by atoms with Crippen molar-refractivity contribution in [3.05, 3.63) is 0 Å². The zero-order valence-electron chi connectivity index (χ0n) is 13.2. The molecule has 0 aromatic carbocycles. The number of hydrogen-bond acceptors (Lipinski definition) is 4.